The molecule has 0 saturated heterocycles. The fraction of sp³-hybridized carbons (Fsp3) is 0. The third-order valence-corrected chi connectivity index (χ3v) is 9.37. The topological polar surface area (TPSA) is 71.1 Å². The fourth-order valence-corrected chi connectivity index (χ4v) is 7.08. The molecular weight excluding hydrogens is 760 g/mol. The van der Waals surface area contributed by atoms with Crippen molar-refractivity contribution in [2.24, 2.45) is 0 Å². The van der Waals surface area contributed by atoms with Gasteiger partial charge in [0.15, 0.2) is 0 Å². The highest BCUT2D eigenvalue weighted by molar-refractivity contribution is 9.10. The zero-order valence-corrected chi connectivity index (χ0v) is 29.2. The summed E-state index contributed by atoms with van der Waals surface area (Å²) in [6, 6.07) is 45.0. The molecule has 8 aromatic carbocycles. The van der Waals surface area contributed by atoms with E-state index in [1.54, 1.807) is 48.5 Å². The van der Waals surface area contributed by atoms with E-state index >= 15 is 0 Å². The van der Waals surface area contributed by atoms with Gasteiger partial charge in [0, 0.05) is 30.5 Å². The van der Waals surface area contributed by atoms with Crippen molar-refractivity contribution < 1.29 is 28.5 Å². The Morgan fingerprint density at radius 2 is 0.700 bits per heavy atom. The Kier molecular flexibility index (Phi) is 8.40. The third kappa shape index (κ3) is 5.93. The maximum absolute atomic E-state index is 13.2. The smallest absolute Gasteiger partial charge is 0.395 e. The number of hydrogen-bond acceptors (Lipinski definition) is 6. The summed E-state index contributed by atoms with van der Waals surface area (Å²) >= 11 is 7.38. The van der Waals surface area contributed by atoms with Crippen molar-refractivity contribution >= 4 is 87.3 Å². The highest BCUT2D eigenvalue weighted by atomic mass is 79.9. The van der Waals surface area contributed by atoms with E-state index in [0.717, 1.165) is 52.4 Å². The van der Waals surface area contributed by atoms with Crippen molar-refractivity contribution in [2.75, 3.05) is 0 Å². The molecule has 0 spiro atoms. The lowest BCUT2D eigenvalue weighted by molar-refractivity contribution is 0.152. The van der Waals surface area contributed by atoms with Crippen LogP contribution in [0, 0.1) is 0 Å². The lowest BCUT2D eigenvalue weighted by atomic mass is 9.85. The van der Waals surface area contributed by atoms with Gasteiger partial charge in [-0.3, -0.25) is 0 Å². The lowest BCUT2D eigenvalue weighted by Crippen LogP contribution is -2.14. The molecule has 0 heterocycles. The van der Waals surface area contributed by atoms with Crippen molar-refractivity contribution in [1.29, 1.82) is 0 Å². The quantitative estimate of drug-likeness (QED) is 0.0983. The Bertz CT molecular complexity index is 2420. The number of benzene rings is 8. The van der Waals surface area contributed by atoms with Crippen molar-refractivity contribution in [3.8, 4) is 34.1 Å². The van der Waals surface area contributed by atoms with Crippen LogP contribution < -0.4 is 18.9 Å². The molecule has 242 valence electrons. The normalized spacial score (nSPS) is 11.2. The molecule has 0 fully saturated rings. The van der Waals surface area contributed by atoms with Crippen molar-refractivity contribution in [2.45, 2.75) is 0 Å². The highest BCUT2D eigenvalue weighted by Gasteiger charge is 2.25. The van der Waals surface area contributed by atoms with E-state index in [4.69, 9.17) is 18.9 Å². The first kappa shape index (κ1) is 31.6. The number of carbonyl (C=O) groups excluding carboxylic acids is 2. The predicted molar refractivity (Wildman–Crippen MR) is 203 cm³/mol. The van der Waals surface area contributed by atoms with Gasteiger partial charge in [-0.05, 0) is 93.3 Å². The number of rotatable bonds is 5. The molecule has 6 nitrogen and oxygen atoms in total. The van der Waals surface area contributed by atoms with Crippen LogP contribution in [0.3, 0.4) is 0 Å². The fourth-order valence-electron chi connectivity index (χ4n) is 6.36. The van der Waals surface area contributed by atoms with Gasteiger partial charge in [0.05, 0.1) is 0 Å². The van der Waals surface area contributed by atoms with E-state index in [2.05, 4.69) is 31.9 Å². The van der Waals surface area contributed by atoms with Gasteiger partial charge in [-0.15, -0.1) is 0 Å². The zero-order chi connectivity index (χ0) is 34.2. The minimum atomic E-state index is -0.845. The van der Waals surface area contributed by atoms with Crippen LogP contribution in [0.1, 0.15) is 0 Å². The minimum absolute atomic E-state index is 0.379. The molecule has 8 rings (SSSR count). The molecule has 0 aliphatic heterocycles. The van der Waals surface area contributed by atoms with E-state index in [1.165, 1.54) is 0 Å². The molecule has 0 unspecified atom stereocenters. The molecule has 0 saturated carbocycles. The maximum Gasteiger partial charge on any atom is 0.519 e. The molecule has 0 aliphatic carbocycles. The molecule has 8 aromatic rings. The average molecular weight is 784 g/mol. The minimum Gasteiger partial charge on any atom is -0.395 e. The van der Waals surface area contributed by atoms with E-state index < -0.39 is 12.3 Å². The van der Waals surface area contributed by atoms with Crippen LogP contribution in [0.25, 0.3) is 54.2 Å². The summed E-state index contributed by atoms with van der Waals surface area (Å²) in [6.07, 6.45) is -1.69. The van der Waals surface area contributed by atoms with Crippen molar-refractivity contribution in [3.63, 3.8) is 0 Å². The molecule has 0 N–H and O–H groups in total. The molecule has 50 heavy (non-hydrogen) atoms. The van der Waals surface area contributed by atoms with Gasteiger partial charge in [-0.25, -0.2) is 9.59 Å². The second-order valence-electron chi connectivity index (χ2n) is 11.4. The van der Waals surface area contributed by atoms with Crippen LogP contribution in [0.4, 0.5) is 9.59 Å². The van der Waals surface area contributed by atoms with Crippen LogP contribution in [0.5, 0.6) is 23.0 Å². The van der Waals surface area contributed by atoms with Crippen molar-refractivity contribution in [1.82, 2.24) is 0 Å². The summed E-state index contributed by atoms with van der Waals surface area (Å²) < 4.78 is 24.8. The Morgan fingerprint density at radius 3 is 1.10 bits per heavy atom. The first-order valence-corrected chi connectivity index (χ1v) is 17.2. The summed E-state index contributed by atoms with van der Waals surface area (Å²) in [5.41, 5.74) is 1.83. The summed E-state index contributed by atoms with van der Waals surface area (Å²) in [7, 11) is 0. The van der Waals surface area contributed by atoms with Crippen molar-refractivity contribution in [3.05, 3.63) is 155 Å². The Morgan fingerprint density at radius 1 is 0.360 bits per heavy atom. The molecule has 0 atom stereocenters. The molecule has 0 aliphatic rings. The van der Waals surface area contributed by atoms with E-state index in [-0.39, 0.29) is 0 Å². The molecule has 0 radical (unpaired) electrons. The summed E-state index contributed by atoms with van der Waals surface area (Å²) in [5, 5.41) is 6.25. The predicted octanol–water partition coefficient (Wildman–Crippen LogP) is 12.6. The van der Waals surface area contributed by atoms with Crippen LogP contribution in [0.2, 0.25) is 0 Å². The molecule has 0 amide bonds. The average Bonchev–Trinajstić information content (AvgIpc) is 3.13. The lowest BCUT2D eigenvalue weighted by Gasteiger charge is -2.21. The highest BCUT2D eigenvalue weighted by Crippen LogP contribution is 2.50. The number of halogens is 2. The van der Waals surface area contributed by atoms with Crippen LogP contribution in [-0.4, -0.2) is 12.3 Å². The number of fused-ring (bicyclic) bond motifs is 4. The first-order chi connectivity index (χ1) is 24.4. The van der Waals surface area contributed by atoms with Gasteiger partial charge in [0.1, 0.15) is 23.0 Å². The second kappa shape index (κ2) is 13.3. The number of carbonyl (C=O) groups is 2. The third-order valence-electron chi connectivity index (χ3n) is 8.38. The van der Waals surface area contributed by atoms with E-state index in [9.17, 15) is 9.59 Å². The maximum atomic E-state index is 13.2. The van der Waals surface area contributed by atoms with Gasteiger partial charge in [-0.1, -0.05) is 117 Å². The summed E-state index contributed by atoms with van der Waals surface area (Å²) in [4.78, 5) is 26.4. The Balaban J connectivity index is 1.39. The monoisotopic (exact) mass is 782 g/mol. The van der Waals surface area contributed by atoms with Gasteiger partial charge in [0.25, 0.3) is 0 Å². The molecule has 0 bridgehead atoms. The standard InChI is InChI=1S/C42H24Br2O6/c43-25-19-21-33-35(23-25)37(29-15-7-9-17-31(29)39(33)49-41(45)47-27-11-3-1-4-12-27)38-30-16-8-10-18-32(30)40(34-22-20-26(44)24-36(34)38)50-42(46)48-28-13-5-2-6-14-28/h1-24H. The Labute approximate surface area is 303 Å². The first-order valence-electron chi connectivity index (χ1n) is 15.6. The van der Waals surface area contributed by atoms with Gasteiger partial charge in [0.2, 0.25) is 0 Å². The van der Waals surface area contributed by atoms with Gasteiger partial charge >= 0.3 is 12.3 Å². The number of ether oxygens (including phenoxy) is 4. The molecule has 0 aromatic heterocycles. The van der Waals surface area contributed by atoms with Crippen LogP contribution in [-0.2, 0) is 0 Å². The van der Waals surface area contributed by atoms with Crippen LogP contribution >= 0.6 is 31.9 Å². The summed E-state index contributed by atoms with van der Waals surface area (Å²) in [6.45, 7) is 0. The van der Waals surface area contributed by atoms with Gasteiger partial charge in [-0.2, -0.15) is 0 Å². The number of para-hydroxylation sites is 2. The number of hydrogen-bond donors (Lipinski definition) is 0. The van der Waals surface area contributed by atoms with Gasteiger partial charge < -0.3 is 18.9 Å². The zero-order valence-electron chi connectivity index (χ0n) is 26.1. The van der Waals surface area contributed by atoms with E-state index in [0.29, 0.717) is 33.8 Å². The molecule has 8 heteroatoms. The summed E-state index contributed by atoms with van der Waals surface area (Å²) in [5.74, 6) is 1.52. The largest absolute Gasteiger partial charge is 0.519 e. The SMILES string of the molecule is O=C(Oc1ccccc1)Oc1c2ccccc2c(-c2c3ccccc3c(OC(=O)Oc3ccccc3)c3ccc(Br)cc23)c2cc(Br)ccc12. The molecular formula is C42H24Br2O6. The van der Waals surface area contributed by atoms with Crippen LogP contribution in [0.15, 0.2) is 155 Å². The second-order valence-corrected chi connectivity index (χ2v) is 13.2. The van der Waals surface area contributed by atoms with E-state index in [1.807, 2.05) is 97.1 Å². The Hall–Kier alpha value is -5.70.